The number of halogens is 1. The Morgan fingerprint density at radius 1 is 1.42 bits per heavy atom. The van der Waals surface area contributed by atoms with Crippen LogP contribution in [0.3, 0.4) is 0 Å². The average Bonchev–Trinajstić information content (AvgIpc) is 2.32. The Balaban J connectivity index is 1.92. The predicted molar refractivity (Wildman–Crippen MR) is 65.1 cm³/mol. The van der Waals surface area contributed by atoms with Gasteiger partial charge in [0.2, 0.25) is 5.95 Å². The molecule has 19 heavy (non-hydrogen) atoms. The molecule has 1 aliphatic carbocycles. The van der Waals surface area contributed by atoms with Gasteiger partial charge in [0.05, 0.1) is 12.0 Å². The second-order valence-corrected chi connectivity index (χ2v) is 4.98. The molecule has 1 saturated carbocycles. The summed E-state index contributed by atoms with van der Waals surface area (Å²) in [5.74, 6) is -1.85. The minimum atomic E-state index is -0.850. The molecule has 2 rings (SSSR count). The number of carbonyl (C=O) groups is 2. The topological polar surface area (TPSA) is 79.3 Å². The van der Waals surface area contributed by atoms with E-state index < -0.39 is 11.9 Å². The van der Waals surface area contributed by atoms with Crippen LogP contribution in [0.25, 0.3) is 0 Å². The fourth-order valence-electron chi connectivity index (χ4n) is 2.29. The number of hydrogen-bond acceptors (Lipinski definition) is 3. The highest BCUT2D eigenvalue weighted by Crippen LogP contribution is 2.43. The highest BCUT2D eigenvalue weighted by atomic mass is 19.1. The Morgan fingerprint density at radius 3 is 2.63 bits per heavy atom. The zero-order valence-electron chi connectivity index (χ0n) is 10.4. The van der Waals surface area contributed by atoms with Crippen molar-refractivity contribution in [2.45, 2.75) is 25.7 Å². The first-order chi connectivity index (χ1) is 9.01. The maximum Gasteiger partial charge on any atom is 0.303 e. The van der Waals surface area contributed by atoms with Gasteiger partial charge in [0.1, 0.15) is 0 Å². The van der Waals surface area contributed by atoms with Crippen LogP contribution < -0.4 is 5.32 Å². The van der Waals surface area contributed by atoms with Gasteiger partial charge in [0, 0.05) is 12.7 Å². The molecular weight excluding hydrogens is 251 g/mol. The third-order valence-corrected chi connectivity index (χ3v) is 3.55. The van der Waals surface area contributed by atoms with Crippen molar-refractivity contribution in [2.24, 2.45) is 5.41 Å². The highest BCUT2D eigenvalue weighted by molar-refractivity contribution is 5.93. The molecule has 0 radical (unpaired) electrons. The first-order valence-electron chi connectivity index (χ1n) is 6.12. The summed E-state index contributed by atoms with van der Waals surface area (Å²) in [5.41, 5.74) is -0.0548. The SMILES string of the molecule is O=C(O)CC1(CNC(=O)c2ccc(F)nc2)CCC1. The van der Waals surface area contributed by atoms with Gasteiger partial charge >= 0.3 is 5.97 Å². The minimum Gasteiger partial charge on any atom is -0.481 e. The molecule has 0 unspecified atom stereocenters. The number of rotatable bonds is 5. The van der Waals surface area contributed by atoms with Gasteiger partial charge in [0.25, 0.3) is 5.91 Å². The van der Waals surface area contributed by atoms with E-state index in [0.717, 1.165) is 31.5 Å². The second-order valence-electron chi connectivity index (χ2n) is 4.98. The van der Waals surface area contributed by atoms with Crippen LogP contribution in [-0.4, -0.2) is 28.5 Å². The second kappa shape index (κ2) is 5.34. The van der Waals surface area contributed by atoms with Gasteiger partial charge in [-0.3, -0.25) is 9.59 Å². The van der Waals surface area contributed by atoms with E-state index >= 15 is 0 Å². The van der Waals surface area contributed by atoms with E-state index in [1.54, 1.807) is 0 Å². The van der Waals surface area contributed by atoms with Crippen molar-refractivity contribution in [1.82, 2.24) is 10.3 Å². The van der Waals surface area contributed by atoms with E-state index in [0.29, 0.717) is 6.54 Å². The van der Waals surface area contributed by atoms with E-state index in [2.05, 4.69) is 10.3 Å². The van der Waals surface area contributed by atoms with Gasteiger partial charge in [-0.05, 0) is 30.4 Å². The number of hydrogen-bond donors (Lipinski definition) is 2. The number of pyridine rings is 1. The normalized spacial score (nSPS) is 16.5. The van der Waals surface area contributed by atoms with Crippen LogP contribution in [0.5, 0.6) is 0 Å². The first kappa shape index (κ1) is 13.5. The summed E-state index contributed by atoms with van der Waals surface area (Å²) in [6.07, 6.45) is 3.83. The summed E-state index contributed by atoms with van der Waals surface area (Å²) in [4.78, 5) is 26.0. The largest absolute Gasteiger partial charge is 0.481 e. The molecule has 2 N–H and O–H groups in total. The maximum atomic E-state index is 12.6. The fraction of sp³-hybridized carbons (Fsp3) is 0.462. The van der Waals surface area contributed by atoms with Crippen molar-refractivity contribution in [3.05, 3.63) is 29.8 Å². The van der Waals surface area contributed by atoms with Crippen molar-refractivity contribution >= 4 is 11.9 Å². The average molecular weight is 266 g/mol. The third-order valence-electron chi connectivity index (χ3n) is 3.55. The lowest BCUT2D eigenvalue weighted by atomic mass is 9.66. The van der Waals surface area contributed by atoms with Crippen LogP contribution in [0.2, 0.25) is 0 Å². The quantitative estimate of drug-likeness (QED) is 0.793. The Hall–Kier alpha value is -1.98. The van der Waals surface area contributed by atoms with Gasteiger partial charge < -0.3 is 10.4 Å². The van der Waals surface area contributed by atoms with Crippen LogP contribution in [0.1, 0.15) is 36.0 Å². The van der Waals surface area contributed by atoms with Crippen molar-refractivity contribution in [3.63, 3.8) is 0 Å². The van der Waals surface area contributed by atoms with E-state index in [-0.39, 0.29) is 23.3 Å². The maximum absolute atomic E-state index is 12.6. The molecule has 102 valence electrons. The molecule has 6 heteroatoms. The Bertz CT molecular complexity index is 483. The highest BCUT2D eigenvalue weighted by Gasteiger charge is 2.39. The van der Waals surface area contributed by atoms with Gasteiger partial charge in [-0.2, -0.15) is 4.39 Å². The molecule has 1 aliphatic rings. The summed E-state index contributed by atoms with van der Waals surface area (Å²) >= 11 is 0. The number of nitrogens with zero attached hydrogens (tertiary/aromatic N) is 1. The minimum absolute atomic E-state index is 0.0644. The molecule has 0 aliphatic heterocycles. The zero-order chi connectivity index (χ0) is 13.9. The van der Waals surface area contributed by atoms with Crippen LogP contribution in [0.4, 0.5) is 4.39 Å². The molecule has 0 atom stereocenters. The molecule has 5 nitrogen and oxygen atoms in total. The van der Waals surface area contributed by atoms with Gasteiger partial charge in [-0.25, -0.2) is 4.98 Å². The van der Waals surface area contributed by atoms with Crippen LogP contribution in [0, 0.1) is 11.4 Å². The molecule has 1 amide bonds. The van der Waals surface area contributed by atoms with Gasteiger partial charge in [-0.15, -0.1) is 0 Å². The molecule has 0 bridgehead atoms. The van der Waals surface area contributed by atoms with Gasteiger partial charge in [0.15, 0.2) is 0 Å². The lowest BCUT2D eigenvalue weighted by molar-refractivity contribution is -0.141. The molecule has 0 aromatic carbocycles. The number of aliphatic carboxylic acids is 1. The van der Waals surface area contributed by atoms with Crippen molar-refractivity contribution < 1.29 is 19.1 Å². The van der Waals surface area contributed by atoms with Crippen LogP contribution in [-0.2, 0) is 4.79 Å². The van der Waals surface area contributed by atoms with Crippen LogP contribution in [0.15, 0.2) is 18.3 Å². The summed E-state index contributed by atoms with van der Waals surface area (Å²) in [5, 5.41) is 11.6. The number of carboxylic acid groups (broad SMARTS) is 1. The Kier molecular flexibility index (Phi) is 3.78. The summed E-state index contributed by atoms with van der Waals surface area (Å²) in [7, 11) is 0. The zero-order valence-corrected chi connectivity index (χ0v) is 10.4. The third kappa shape index (κ3) is 3.27. The molecule has 0 saturated heterocycles. The van der Waals surface area contributed by atoms with Crippen LogP contribution >= 0.6 is 0 Å². The number of amides is 1. The summed E-state index contributed by atoms with van der Waals surface area (Å²) < 4.78 is 12.6. The number of nitrogens with one attached hydrogen (secondary N) is 1. The van der Waals surface area contributed by atoms with Gasteiger partial charge in [-0.1, -0.05) is 6.42 Å². The summed E-state index contributed by atoms with van der Waals surface area (Å²) in [6, 6.07) is 2.47. The smallest absolute Gasteiger partial charge is 0.303 e. The first-order valence-corrected chi connectivity index (χ1v) is 6.12. The summed E-state index contributed by atoms with van der Waals surface area (Å²) in [6.45, 7) is 0.329. The molecule has 1 aromatic heterocycles. The Labute approximate surface area is 109 Å². The monoisotopic (exact) mass is 266 g/mol. The number of carbonyl (C=O) groups excluding carboxylic acids is 1. The molecule has 0 spiro atoms. The van der Waals surface area contributed by atoms with E-state index in [1.165, 1.54) is 6.07 Å². The lowest BCUT2D eigenvalue weighted by Gasteiger charge is -2.40. The molecule has 1 aromatic rings. The van der Waals surface area contributed by atoms with E-state index in [1.807, 2.05) is 0 Å². The number of aromatic nitrogens is 1. The molecule has 1 heterocycles. The molecular formula is C13H15FN2O3. The van der Waals surface area contributed by atoms with Crippen molar-refractivity contribution in [2.75, 3.05) is 6.54 Å². The lowest BCUT2D eigenvalue weighted by Crippen LogP contribution is -2.43. The molecule has 1 fully saturated rings. The standard InChI is InChI=1S/C13H15FN2O3/c14-10-3-2-9(7-15-10)12(19)16-8-13(4-1-5-13)6-11(17)18/h2-3,7H,1,4-6,8H2,(H,16,19)(H,17,18). The van der Waals surface area contributed by atoms with Crippen molar-refractivity contribution in [1.29, 1.82) is 0 Å². The number of carboxylic acids is 1. The van der Waals surface area contributed by atoms with Crippen molar-refractivity contribution in [3.8, 4) is 0 Å². The predicted octanol–water partition coefficient (Wildman–Crippen LogP) is 1.60. The van der Waals surface area contributed by atoms with E-state index in [4.69, 9.17) is 5.11 Å². The Morgan fingerprint density at radius 2 is 2.16 bits per heavy atom. The fourth-order valence-corrected chi connectivity index (χ4v) is 2.29. The van der Waals surface area contributed by atoms with E-state index in [9.17, 15) is 14.0 Å².